The number of hydrogen-bond acceptors (Lipinski definition) is 5. The molecule has 1 aliphatic rings. The summed E-state index contributed by atoms with van der Waals surface area (Å²) in [7, 11) is 0. The minimum atomic E-state index is -1.16. The van der Waals surface area contributed by atoms with Gasteiger partial charge in [0.25, 0.3) is 5.56 Å². The SMILES string of the molecule is CCC(NC(=O)O)c1nc2cccc(Cl)c2c(=O)n1N1CCN(Cc2ccccc2)CC1. The molecule has 1 unspecified atom stereocenters. The molecule has 1 aliphatic heterocycles. The Morgan fingerprint density at radius 3 is 2.50 bits per heavy atom. The van der Waals surface area contributed by atoms with E-state index in [9.17, 15) is 14.7 Å². The number of nitrogens with zero attached hydrogens (tertiary/aromatic N) is 4. The number of rotatable bonds is 6. The highest BCUT2D eigenvalue weighted by atomic mass is 35.5. The lowest BCUT2D eigenvalue weighted by molar-refractivity contribution is 0.187. The second kappa shape index (κ2) is 9.58. The maximum atomic E-state index is 13.6. The minimum absolute atomic E-state index is 0.280. The fourth-order valence-corrected chi connectivity index (χ4v) is 4.38. The zero-order valence-electron chi connectivity index (χ0n) is 17.9. The number of aromatic nitrogens is 2. The Kier molecular flexibility index (Phi) is 6.62. The van der Waals surface area contributed by atoms with Crippen LogP contribution in [0.3, 0.4) is 0 Å². The zero-order valence-corrected chi connectivity index (χ0v) is 18.6. The van der Waals surface area contributed by atoms with Crippen LogP contribution in [0.25, 0.3) is 10.9 Å². The van der Waals surface area contributed by atoms with Crippen molar-refractivity contribution >= 4 is 28.6 Å². The maximum absolute atomic E-state index is 13.6. The number of nitrogens with one attached hydrogen (secondary N) is 1. The Bertz CT molecular complexity index is 1160. The number of carboxylic acid groups (broad SMARTS) is 1. The average molecular weight is 456 g/mol. The van der Waals surface area contributed by atoms with Gasteiger partial charge in [0, 0.05) is 32.7 Å². The summed E-state index contributed by atoms with van der Waals surface area (Å²) in [6.45, 7) is 5.46. The van der Waals surface area contributed by atoms with Gasteiger partial charge in [0.15, 0.2) is 5.82 Å². The standard InChI is InChI=1S/C23H26ClN5O3/c1-2-18(26-23(31)32)21-25-19-10-6-9-17(24)20(19)22(30)29(21)28-13-11-27(12-14-28)15-16-7-4-3-5-8-16/h3-10,18,26H,2,11-15H2,1H3,(H,31,32). The van der Waals surface area contributed by atoms with Crippen LogP contribution < -0.4 is 15.9 Å². The van der Waals surface area contributed by atoms with E-state index in [1.165, 1.54) is 10.2 Å². The first-order valence-electron chi connectivity index (χ1n) is 10.7. The topological polar surface area (TPSA) is 90.7 Å². The lowest BCUT2D eigenvalue weighted by atomic mass is 10.1. The molecule has 3 aromatic rings. The summed E-state index contributed by atoms with van der Waals surface area (Å²) in [5.74, 6) is 0.381. The first-order chi connectivity index (χ1) is 15.5. The van der Waals surface area contributed by atoms with Crippen LogP contribution in [0.4, 0.5) is 4.79 Å². The van der Waals surface area contributed by atoms with E-state index in [4.69, 9.17) is 11.6 Å². The Morgan fingerprint density at radius 2 is 1.84 bits per heavy atom. The number of carbonyl (C=O) groups is 1. The van der Waals surface area contributed by atoms with Crippen molar-refractivity contribution in [3.05, 3.63) is 75.3 Å². The summed E-state index contributed by atoms with van der Waals surface area (Å²) >= 11 is 6.35. The van der Waals surface area contributed by atoms with Gasteiger partial charge in [-0.05, 0) is 24.1 Å². The second-order valence-electron chi connectivity index (χ2n) is 7.85. The van der Waals surface area contributed by atoms with Gasteiger partial charge in [-0.1, -0.05) is 54.9 Å². The molecule has 0 bridgehead atoms. The molecule has 1 aromatic heterocycles. The number of amides is 1. The van der Waals surface area contributed by atoms with Gasteiger partial charge in [0.2, 0.25) is 0 Å². The van der Waals surface area contributed by atoms with Gasteiger partial charge in [-0.3, -0.25) is 9.69 Å². The molecule has 2 aromatic carbocycles. The van der Waals surface area contributed by atoms with E-state index in [0.717, 1.165) is 19.6 Å². The summed E-state index contributed by atoms with van der Waals surface area (Å²) in [5, 5.41) is 14.4. The molecule has 9 heteroatoms. The minimum Gasteiger partial charge on any atom is -0.465 e. The van der Waals surface area contributed by atoms with Crippen LogP contribution in [-0.2, 0) is 6.54 Å². The van der Waals surface area contributed by atoms with Gasteiger partial charge in [-0.2, -0.15) is 0 Å². The summed E-state index contributed by atoms with van der Waals surface area (Å²) in [6, 6.07) is 14.8. The molecule has 168 valence electrons. The third-order valence-corrected chi connectivity index (χ3v) is 6.06. The fourth-order valence-electron chi connectivity index (χ4n) is 4.13. The molecule has 1 amide bonds. The number of hydrogen-bond donors (Lipinski definition) is 2. The molecular formula is C23H26ClN5O3. The molecule has 2 N–H and O–H groups in total. The van der Waals surface area contributed by atoms with Crippen LogP contribution in [0.15, 0.2) is 53.3 Å². The second-order valence-corrected chi connectivity index (χ2v) is 8.25. The molecule has 8 nitrogen and oxygen atoms in total. The van der Waals surface area contributed by atoms with Crippen LogP contribution in [-0.4, -0.2) is 51.9 Å². The Balaban J connectivity index is 1.68. The van der Waals surface area contributed by atoms with E-state index in [1.54, 1.807) is 18.2 Å². The smallest absolute Gasteiger partial charge is 0.405 e. The van der Waals surface area contributed by atoms with Crippen LogP contribution in [0.2, 0.25) is 5.02 Å². The van der Waals surface area contributed by atoms with E-state index in [0.29, 0.717) is 41.3 Å². The molecule has 0 spiro atoms. The molecule has 0 saturated carbocycles. The molecule has 32 heavy (non-hydrogen) atoms. The third kappa shape index (κ3) is 4.56. The molecule has 1 fully saturated rings. The van der Waals surface area contributed by atoms with E-state index in [2.05, 4.69) is 27.3 Å². The molecule has 1 saturated heterocycles. The summed E-state index contributed by atoms with van der Waals surface area (Å²) in [5.41, 5.74) is 1.43. The van der Waals surface area contributed by atoms with Crippen molar-refractivity contribution in [3.8, 4) is 0 Å². The third-order valence-electron chi connectivity index (χ3n) is 5.75. The van der Waals surface area contributed by atoms with Crippen LogP contribution in [0.5, 0.6) is 0 Å². The highest BCUT2D eigenvalue weighted by Gasteiger charge is 2.26. The average Bonchev–Trinajstić information content (AvgIpc) is 2.78. The number of benzene rings is 2. The molecule has 1 atom stereocenters. The van der Waals surface area contributed by atoms with Crippen molar-refractivity contribution in [2.45, 2.75) is 25.9 Å². The number of fused-ring (bicyclic) bond motifs is 1. The van der Waals surface area contributed by atoms with Crippen molar-refractivity contribution in [2.24, 2.45) is 0 Å². The Morgan fingerprint density at radius 1 is 1.12 bits per heavy atom. The summed E-state index contributed by atoms with van der Waals surface area (Å²) < 4.78 is 1.53. The molecule has 4 rings (SSSR count). The van der Waals surface area contributed by atoms with E-state index in [-0.39, 0.29) is 5.56 Å². The highest BCUT2D eigenvalue weighted by molar-refractivity contribution is 6.35. The van der Waals surface area contributed by atoms with Gasteiger partial charge in [0.1, 0.15) is 0 Å². The van der Waals surface area contributed by atoms with Gasteiger partial charge in [-0.15, -0.1) is 0 Å². The largest absolute Gasteiger partial charge is 0.465 e. The highest BCUT2D eigenvalue weighted by Crippen LogP contribution is 2.22. The van der Waals surface area contributed by atoms with E-state index < -0.39 is 12.1 Å². The fraction of sp³-hybridized carbons (Fsp3) is 0.348. The summed E-state index contributed by atoms with van der Waals surface area (Å²) in [6.07, 6.45) is -0.699. The van der Waals surface area contributed by atoms with Gasteiger partial charge >= 0.3 is 6.09 Å². The first-order valence-corrected chi connectivity index (χ1v) is 11.1. The van der Waals surface area contributed by atoms with Crippen molar-refractivity contribution in [1.29, 1.82) is 0 Å². The lowest BCUT2D eigenvalue weighted by Gasteiger charge is -2.38. The quantitative estimate of drug-likeness (QED) is 0.593. The maximum Gasteiger partial charge on any atom is 0.405 e. The van der Waals surface area contributed by atoms with Gasteiger partial charge in [-0.25, -0.2) is 14.5 Å². The Labute approximate surface area is 191 Å². The van der Waals surface area contributed by atoms with E-state index >= 15 is 0 Å². The predicted octanol–water partition coefficient (Wildman–Crippen LogP) is 3.22. The van der Waals surface area contributed by atoms with Crippen LogP contribution in [0, 0.1) is 0 Å². The van der Waals surface area contributed by atoms with Crippen molar-refractivity contribution in [1.82, 2.24) is 19.9 Å². The predicted molar refractivity (Wildman–Crippen MR) is 125 cm³/mol. The molecule has 0 aliphatic carbocycles. The van der Waals surface area contributed by atoms with Crippen molar-refractivity contribution < 1.29 is 9.90 Å². The zero-order chi connectivity index (χ0) is 22.7. The van der Waals surface area contributed by atoms with E-state index in [1.807, 2.05) is 30.1 Å². The van der Waals surface area contributed by atoms with Crippen LogP contribution >= 0.6 is 11.6 Å². The monoisotopic (exact) mass is 455 g/mol. The molecule has 2 heterocycles. The van der Waals surface area contributed by atoms with Gasteiger partial charge < -0.3 is 15.4 Å². The van der Waals surface area contributed by atoms with Crippen molar-refractivity contribution in [3.63, 3.8) is 0 Å². The lowest BCUT2D eigenvalue weighted by Crippen LogP contribution is -2.55. The number of halogens is 1. The van der Waals surface area contributed by atoms with Crippen molar-refractivity contribution in [2.75, 3.05) is 31.2 Å². The van der Waals surface area contributed by atoms with Gasteiger partial charge in [0.05, 0.1) is 22.0 Å². The Hall–Kier alpha value is -3.10. The molecule has 0 radical (unpaired) electrons. The molecular weight excluding hydrogens is 430 g/mol. The normalized spacial score (nSPS) is 15.6. The number of piperazine rings is 1. The summed E-state index contributed by atoms with van der Waals surface area (Å²) in [4.78, 5) is 32.0. The van der Waals surface area contributed by atoms with Crippen LogP contribution in [0.1, 0.15) is 30.8 Å². The first kappa shape index (κ1) is 22.1.